The number of imide groups is 1. The molecular formula is C15H13F3N4O2. The minimum atomic E-state index is -4.67. The summed E-state index contributed by atoms with van der Waals surface area (Å²) in [6.07, 6.45) is -4.67. The number of hydrogen-bond acceptors (Lipinski definition) is 4. The van der Waals surface area contributed by atoms with Crippen LogP contribution in [0, 0.1) is 13.8 Å². The lowest BCUT2D eigenvalue weighted by Crippen LogP contribution is -2.35. The van der Waals surface area contributed by atoms with Crippen LogP contribution in [0.1, 0.15) is 27.3 Å². The highest BCUT2D eigenvalue weighted by molar-refractivity contribution is 6.07. The highest BCUT2D eigenvalue weighted by atomic mass is 19.4. The second-order valence-corrected chi connectivity index (χ2v) is 4.99. The van der Waals surface area contributed by atoms with Crippen LogP contribution in [0.2, 0.25) is 0 Å². The van der Waals surface area contributed by atoms with Crippen molar-refractivity contribution in [3.8, 4) is 0 Å². The molecule has 0 unspecified atom stereocenters. The van der Waals surface area contributed by atoms with Crippen LogP contribution in [-0.2, 0) is 6.18 Å². The summed E-state index contributed by atoms with van der Waals surface area (Å²) in [6.45, 7) is 3.11. The molecule has 6 nitrogen and oxygen atoms in total. The van der Waals surface area contributed by atoms with Crippen LogP contribution in [0.4, 0.5) is 23.9 Å². The number of halogens is 3. The van der Waals surface area contributed by atoms with Gasteiger partial charge in [-0.05, 0) is 32.0 Å². The minimum absolute atomic E-state index is 0.0256. The van der Waals surface area contributed by atoms with E-state index in [-0.39, 0.29) is 11.3 Å². The van der Waals surface area contributed by atoms with Crippen molar-refractivity contribution in [2.45, 2.75) is 20.0 Å². The summed E-state index contributed by atoms with van der Waals surface area (Å²) in [5.74, 6) is -1.24. The Morgan fingerprint density at radius 1 is 1.08 bits per heavy atom. The van der Waals surface area contributed by atoms with Gasteiger partial charge in [0.2, 0.25) is 5.95 Å². The number of rotatable bonds is 2. The number of amides is 3. The van der Waals surface area contributed by atoms with E-state index >= 15 is 0 Å². The lowest BCUT2D eigenvalue weighted by Gasteiger charge is -2.10. The number of carbonyl (C=O) groups is 2. The maximum absolute atomic E-state index is 12.7. The second-order valence-electron chi connectivity index (χ2n) is 4.99. The molecule has 2 rings (SSSR count). The van der Waals surface area contributed by atoms with Crippen molar-refractivity contribution in [3.05, 3.63) is 52.8 Å². The third-order valence-corrected chi connectivity index (χ3v) is 2.88. The normalized spacial score (nSPS) is 11.0. The molecule has 0 aliphatic carbocycles. The summed E-state index contributed by atoms with van der Waals surface area (Å²) in [5, 5.41) is 4.02. The molecule has 0 fully saturated rings. The summed E-state index contributed by atoms with van der Waals surface area (Å²) < 4.78 is 38.0. The molecule has 0 saturated carbocycles. The molecule has 24 heavy (non-hydrogen) atoms. The topological polar surface area (TPSA) is 84.0 Å². The number of alkyl halides is 3. The smallest absolute Gasteiger partial charge is 0.276 e. The number of aryl methyl sites for hydroxylation is 2. The van der Waals surface area contributed by atoms with E-state index in [4.69, 9.17) is 0 Å². The molecule has 0 aliphatic heterocycles. The fourth-order valence-electron chi connectivity index (χ4n) is 1.86. The van der Waals surface area contributed by atoms with Gasteiger partial charge in [0.1, 0.15) is 5.69 Å². The largest absolute Gasteiger partial charge is 0.433 e. The van der Waals surface area contributed by atoms with E-state index in [1.165, 1.54) is 13.0 Å². The molecule has 3 amide bonds. The molecule has 0 aliphatic rings. The van der Waals surface area contributed by atoms with E-state index in [0.717, 1.165) is 11.6 Å². The standard InChI is InChI=1S/C15H13F3N4O2/c1-8-4-3-5-10(6-8)12(23)21-14(24)22-13-19-9(2)7-11(20-13)15(16,17)18/h3-7H,1-2H3,(H2,19,20,21,22,23,24). The van der Waals surface area contributed by atoms with Gasteiger partial charge in [-0.15, -0.1) is 0 Å². The molecule has 9 heteroatoms. The average molecular weight is 338 g/mol. The second kappa shape index (κ2) is 6.65. The van der Waals surface area contributed by atoms with Gasteiger partial charge in [-0.25, -0.2) is 14.8 Å². The minimum Gasteiger partial charge on any atom is -0.276 e. The van der Waals surface area contributed by atoms with E-state index in [2.05, 4.69) is 9.97 Å². The Bertz CT molecular complexity index is 791. The maximum Gasteiger partial charge on any atom is 0.433 e. The van der Waals surface area contributed by atoms with Crippen LogP contribution in [-0.4, -0.2) is 21.9 Å². The molecule has 2 aromatic rings. The van der Waals surface area contributed by atoms with E-state index in [1.807, 2.05) is 10.6 Å². The number of carbonyl (C=O) groups excluding carboxylic acids is 2. The third kappa shape index (κ3) is 4.51. The van der Waals surface area contributed by atoms with Crippen molar-refractivity contribution in [2.24, 2.45) is 0 Å². The Morgan fingerprint density at radius 3 is 2.42 bits per heavy atom. The van der Waals surface area contributed by atoms with Gasteiger partial charge in [0.05, 0.1) is 0 Å². The number of aromatic nitrogens is 2. The first-order valence-corrected chi connectivity index (χ1v) is 6.77. The van der Waals surface area contributed by atoms with Crippen molar-refractivity contribution in [3.63, 3.8) is 0 Å². The van der Waals surface area contributed by atoms with Crippen LogP contribution in [0.25, 0.3) is 0 Å². The molecule has 1 aromatic carbocycles. The Labute approximate surface area is 135 Å². The fourth-order valence-corrected chi connectivity index (χ4v) is 1.86. The number of nitrogens with one attached hydrogen (secondary N) is 2. The number of benzene rings is 1. The molecule has 126 valence electrons. The van der Waals surface area contributed by atoms with E-state index in [0.29, 0.717) is 0 Å². The Kier molecular flexibility index (Phi) is 4.82. The van der Waals surface area contributed by atoms with Gasteiger partial charge in [0.25, 0.3) is 5.91 Å². The predicted molar refractivity (Wildman–Crippen MR) is 79.4 cm³/mol. The fraction of sp³-hybridized carbons (Fsp3) is 0.200. The van der Waals surface area contributed by atoms with E-state index in [9.17, 15) is 22.8 Å². The Morgan fingerprint density at radius 2 is 1.79 bits per heavy atom. The van der Waals surface area contributed by atoms with Crippen molar-refractivity contribution in [1.82, 2.24) is 15.3 Å². The van der Waals surface area contributed by atoms with Gasteiger partial charge >= 0.3 is 12.2 Å². The van der Waals surface area contributed by atoms with Crippen molar-refractivity contribution in [2.75, 3.05) is 5.32 Å². The number of urea groups is 1. The maximum atomic E-state index is 12.7. The van der Waals surface area contributed by atoms with Crippen molar-refractivity contribution >= 4 is 17.9 Å². The van der Waals surface area contributed by atoms with Crippen LogP contribution < -0.4 is 10.6 Å². The molecule has 1 heterocycles. The molecule has 0 bridgehead atoms. The zero-order valence-corrected chi connectivity index (χ0v) is 12.7. The molecular weight excluding hydrogens is 325 g/mol. The van der Waals surface area contributed by atoms with Gasteiger partial charge in [-0.3, -0.25) is 15.4 Å². The number of hydrogen-bond donors (Lipinski definition) is 2. The summed E-state index contributed by atoms with van der Waals surface area (Å²) in [4.78, 5) is 30.6. The van der Waals surface area contributed by atoms with Crippen LogP contribution in [0.15, 0.2) is 30.3 Å². The molecule has 0 radical (unpaired) electrons. The average Bonchev–Trinajstić information content (AvgIpc) is 2.45. The number of anilines is 1. The van der Waals surface area contributed by atoms with Crippen LogP contribution >= 0.6 is 0 Å². The van der Waals surface area contributed by atoms with Gasteiger partial charge in [-0.2, -0.15) is 13.2 Å². The summed E-state index contributed by atoms with van der Waals surface area (Å²) in [6, 6.07) is 6.20. The van der Waals surface area contributed by atoms with Gasteiger partial charge in [0.15, 0.2) is 0 Å². The lowest BCUT2D eigenvalue weighted by molar-refractivity contribution is -0.141. The molecule has 1 aromatic heterocycles. The van der Waals surface area contributed by atoms with Crippen molar-refractivity contribution < 1.29 is 22.8 Å². The molecule has 0 spiro atoms. The van der Waals surface area contributed by atoms with Gasteiger partial charge in [0, 0.05) is 11.3 Å². The van der Waals surface area contributed by atoms with Gasteiger partial charge < -0.3 is 0 Å². The summed E-state index contributed by atoms with van der Waals surface area (Å²) in [7, 11) is 0. The predicted octanol–water partition coefficient (Wildman–Crippen LogP) is 3.07. The summed E-state index contributed by atoms with van der Waals surface area (Å²) >= 11 is 0. The third-order valence-electron chi connectivity index (χ3n) is 2.88. The highest BCUT2D eigenvalue weighted by Gasteiger charge is 2.33. The van der Waals surface area contributed by atoms with Crippen molar-refractivity contribution in [1.29, 1.82) is 0 Å². The zero-order valence-electron chi connectivity index (χ0n) is 12.7. The Hall–Kier alpha value is -2.97. The molecule has 0 atom stereocenters. The highest BCUT2D eigenvalue weighted by Crippen LogP contribution is 2.28. The van der Waals surface area contributed by atoms with Crippen LogP contribution in [0.5, 0.6) is 0 Å². The quantitative estimate of drug-likeness (QED) is 0.881. The SMILES string of the molecule is Cc1cccc(C(=O)NC(=O)Nc2nc(C)cc(C(F)(F)F)n2)c1. The molecule has 2 N–H and O–H groups in total. The first-order chi connectivity index (χ1) is 11.1. The van der Waals surface area contributed by atoms with Gasteiger partial charge in [-0.1, -0.05) is 17.7 Å². The number of nitrogens with zero attached hydrogens (tertiary/aromatic N) is 2. The zero-order chi connectivity index (χ0) is 17.9. The van der Waals surface area contributed by atoms with E-state index < -0.39 is 29.8 Å². The molecule has 0 saturated heterocycles. The Balaban J connectivity index is 2.10. The van der Waals surface area contributed by atoms with Crippen LogP contribution in [0.3, 0.4) is 0 Å². The summed E-state index contributed by atoms with van der Waals surface area (Å²) in [5.41, 5.74) is -0.0980. The monoisotopic (exact) mass is 338 g/mol. The first-order valence-electron chi connectivity index (χ1n) is 6.77. The van der Waals surface area contributed by atoms with E-state index in [1.54, 1.807) is 25.1 Å². The first kappa shape index (κ1) is 17.4. The lowest BCUT2D eigenvalue weighted by atomic mass is 10.1.